The van der Waals surface area contributed by atoms with Crippen LogP contribution in [0.3, 0.4) is 0 Å². The molecule has 0 aromatic carbocycles. The van der Waals surface area contributed by atoms with Crippen molar-refractivity contribution in [3.05, 3.63) is 0 Å². The summed E-state index contributed by atoms with van der Waals surface area (Å²) >= 11 is 0. The van der Waals surface area contributed by atoms with Gasteiger partial charge in [0, 0.05) is 12.6 Å². The Bertz CT molecular complexity index is 178. The minimum atomic E-state index is 0.594. The van der Waals surface area contributed by atoms with Crippen LogP contribution in [0, 0.1) is 17.8 Å². The summed E-state index contributed by atoms with van der Waals surface area (Å²) in [5.74, 6) is 2.01. The molecule has 104 valence electrons. The molecule has 0 spiro atoms. The molecular weight excluding hydrogens is 210 g/mol. The summed E-state index contributed by atoms with van der Waals surface area (Å²) in [7, 11) is 4.33. The van der Waals surface area contributed by atoms with Gasteiger partial charge in [0.25, 0.3) is 0 Å². The number of nitrogens with zero attached hydrogens (tertiary/aromatic N) is 1. The zero-order valence-electron chi connectivity index (χ0n) is 12.7. The van der Waals surface area contributed by atoms with Crippen molar-refractivity contribution in [2.45, 2.75) is 40.2 Å². The van der Waals surface area contributed by atoms with Crippen LogP contribution in [0.1, 0.15) is 34.1 Å². The van der Waals surface area contributed by atoms with E-state index in [9.17, 15) is 0 Å². The molecule has 0 amide bonds. The largest absolute Gasteiger partial charge is 0.330 e. The Balaban J connectivity index is 3.96. The maximum Gasteiger partial charge on any atom is 0.0216 e. The first kappa shape index (κ1) is 16.9. The quantitative estimate of drug-likeness (QED) is 0.649. The highest BCUT2D eigenvalue weighted by Crippen LogP contribution is 2.10. The van der Waals surface area contributed by atoms with Crippen molar-refractivity contribution in [2.75, 3.05) is 33.7 Å². The summed E-state index contributed by atoms with van der Waals surface area (Å²) in [4.78, 5) is 2.32. The number of hydrogen-bond acceptors (Lipinski definition) is 3. The number of nitrogens with two attached hydrogens (primary N) is 1. The van der Waals surface area contributed by atoms with E-state index in [0.29, 0.717) is 17.9 Å². The summed E-state index contributed by atoms with van der Waals surface area (Å²) in [6.45, 7) is 11.9. The van der Waals surface area contributed by atoms with Crippen LogP contribution < -0.4 is 11.1 Å². The van der Waals surface area contributed by atoms with E-state index in [-0.39, 0.29) is 0 Å². The van der Waals surface area contributed by atoms with E-state index >= 15 is 0 Å². The molecule has 2 unspecified atom stereocenters. The van der Waals surface area contributed by atoms with Gasteiger partial charge in [0.1, 0.15) is 0 Å². The number of nitrogens with one attached hydrogen (secondary N) is 1. The Labute approximate surface area is 108 Å². The fourth-order valence-corrected chi connectivity index (χ4v) is 2.05. The van der Waals surface area contributed by atoms with Crippen LogP contribution >= 0.6 is 0 Å². The second-order valence-electron chi connectivity index (χ2n) is 6.15. The molecule has 3 heteroatoms. The van der Waals surface area contributed by atoms with Gasteiger partial charge in [-0.05, 0) is 51.4 Å². The Morgan fingerprint density at radius 2 is 1.65 bits per heavy atom. The molecule has 0 heterocycles. The normalized spacial score (nSPS) is 15.9. The third-order valence-electron chi connectivity index (χ3n) is 3.51. The molecule has 17 heavy (non-hydrogen) atoms. The summed E-state index contributed by atoms with van der Waals surface area (Å²) in [6, 6.07) is 0.626. The molecule has 0 saturated carbocycles. The Morgan fingerprint density at radius 3 is 2.00 bits per heavy atom. The van der Waals surface area contributed by atoms with E-state index < -0.39 is 0 Å². The van der Waals surface area contributed by atoms with E-state index in [1.165, 1.54) is 6.42 Å². The second-order valence-corrected chi connectivity index (χ2v) is 6.15. The average Bonchev–Trinajstić information content (AvgIpc) is 2.21. The van der Waals surface area contributed by atoms with Crippen LogP contribution in [0.25, 0.3) is 0 Å². The molecule has 0 radical (unpaired) electrons. The lowest BCUT2D eigenvalue weighted by Gasteiger charge is -2.28. The summed E-state index contributed by atoms with van der Waals surface area (Å²) in [5.41, 5.74) is 5.78. The van der Waals surface area contributed by atoms with Crippen molar-refractivity contribution in [1.82, 2.24) is 10.2 Å². The van der Waals surface area contributed by atoms with Crippen molar-refractivity contribution >= 4 is 0 Å². The highest BCUT2D eigenvalue weighted by Gasteiger charge is 2.15. The fraction of sp³-hybridized carbons (Fsp3) is 1.00. The highest BCUT2D eigenvalue weighted by atomic mass is 15.1. The maximum absolute atomic E-state index is 5.78. The summed E-state index contributed by atoms with van der Waals surface area (Å²) < 4.78 is 0. The summed E-state index contributed by atoms with van der Waals surface area (Å²) in [5, 5.41) is 3.58. The van der Waals surface area contributed by atoms with E-state index in [1.807, 2.05) is 0 Å². The predicted octanol–water partition coefficient (Wildman–Crippen LogP) is 1.78. The first-order valence-corrected chi connectivity index (χ1v) is 6.95. The average molecular weight is 243 g/mol. The molecular formula is C14H33N3. The predicted molar refractivity (Wildman–Crippen MR) is 77.2 cm³/mol. The van der Waals surface area contributed by atoms with Crippen molar-refractivity contribution in [3.63, 3.8) is 0 Å². The number of rotatable bonds is 9. The van der Waals surface area contributed by atoms with Crippen LogP contribution in [0.2, 0.25) is 0 Å². The molecule has 0 aliphatic rings. The SMILES string of the molecule is CC(C)CC(CNCC(CN)C(C)C)N(C)C. The Morgan fingerprint density at radius 1 is 1.06 bits per heavy atom. The van der Waals surface area contributed by atoms with Gasteiger partial charge in [-0.1, -0.05) is 27.7 Å². The first-order chi connectivity index (χ1) is 7.88. The van der Waals surface area contributed by atoms with Gasteiger partial charge in [0.2, 0.25) is 0 Å². The van der Waals surface area contributed by atoms with Gasteiger partial charge in [-0.15, -0.1) is 0 Å². The van der Waals surface area contributed by atoms with Gasteiger partial charge < -0.3 is 16.0 Å². The van der Waals surface area contributed by atoms with Gasteiger partial charge in [-0.2, -0.15) is 0 Å². The van der Waals surface area contributed by atoms with Crippen LogP contribution in [0.15, 0.2) is 0 Å². The van der Waals surface area contributed by atoms with E-state index in [4.69, 9.17) is 5.73 Å². The lowest BCUT2D eigenvalue weighted by atomic mass is 9.95. The van der Waals surface area contributed by atoms with Gasteiger partial charge in [0.15, 0.2) is 0 Å². The minimum Gasteiger partial charge on any atom is -0.330 e. The third-order valence-corrected chi connectivity index (χ3v) is 3.51. The molecule has 3 N–H and O–H groups in total. The molecule has 0 aliphatic heterocycles. The van der Waals surface area contributed by atoms with Crippen molar-refractivity contribution in [3.8, 4) is 0 Å². The minimum absolute atomic E-state index is 0.594. The molecule has 0 saturated heterocycles. The lowest BCUT2D eigenvalue weighted by molar-refractivity contribution is 0.240. The van der Waals surface area contributed by atoms with Gasteiger partial charge in [-0.25, -0.2) is 0 Å². The zero-order valence-corrected chi connectivity index (χ0v) is 12.7. The van der Waals surface area contributed by atoms with Gasteiger partial charge >= 0.3 is 0 Å². The lowest BCUT2D eigenvalue weighted by Crippen LogP contribution is -2.41. The van der Waals surface area contributed by atoms with Crippen LogP contribution in [-0.2, 0) is 0 Å². The van der Waals surface area contributed by atoms with E-state index in [1.54, 1.807) is 0 Å². The molecule has 0 aromatic heterocycles. The second kappa shape index (κ2) is 8.90. The molecule has 0 aliphatic carbocycles. The fourth-order valence-electron chi connectivity index (χ4n) is 2.05. The molecule has 2 atom stereocenters. The molecule has 0 rings (SSSR count). The van der Waals surface area contributed by atoms with E-state index in [0.717, 1.165) is 25.6 Å². The van der Waals surface area contributed by atoms with E-state index in [2.05, 4.69) is 52.0 Å². The van der Waals surface area contributed by atoms with Crippen molar-refractivity contribution in [2.24, 2.45) is 23.5 Å². The smallest absolute Gasteiger partial charge is 0.0216 e. The van der Waals surface area contributed by atoms with Crippen LogP contribution in [0.4, 0.5) is 0 Å². The zero-order chi connectivity index (χ0) is 13.4. The maximum atomic E-state index is 5.78. The van der Waals surface area contributed by atoms with Crippen molar-refractivity contribution in [1.29, 1.82) is 0 Å². The number of likely N-dealkylation sites (N-methyl/N-ethyl adjacent to an activating group) is 1. The van der Waals surface area contributed by atoms with Gasteiger partial charge in [0.05, 0.1) is 0 Å². The Kier molecular flexibility index (Phi) is 8.83. The van der Waals surface area contributed by atoms with Crippen molar-refractivity contribution < 1.29 is 0 Å². The van der Waals surface area contributed by atoms with Crippen LogP contribution in [0.5, 0.6) is 0 Å². The molecule has 0 fully saturated rings. The monoisotopic (exact) mass is 243 g/mol. The molecule has 0 aromatic rings. The molecule has 0 bridgehead atoms. The first-order valence-electron chi connectivity index (χ1n) is 6.95. The number of hydrogen-bond donors (Lipinski definition) is 2. The van der Waals surface area contributed by atoms with Crippen LogP contribution in [-0.4, -0.2) is 44.7 Å². The molecule has 3 nitrogen and oxygen atoms in total. The highest BCUT2D eigenvalue weighted by molar-refractivity contribution is 4.73. The third kappa shape index (κ3) is 7.74. The Hall–Kier alpha value is -0.120. The standard InChI is InChI=1S/C14H33N3/c1-11(2)7-14(17(5)6)10-16-9-13(8-15)12(3)4/h11-14,16H,7-10,15H2,1-6H3. The van der Waals surface area contributed by atoms with Gasteiger partial charge in [-0.3, -0.25) is 0 Å². The topological polar surface area (TPSA) is 41.3 Å². The summed E-state index contributed by atoms with van der Waals surface area (Å²) in [6.07, 6.45) is 1.25.